The first kappa shape index (κ1) is 10.0. The van der Waals surface area contributed by atoms with E-state index < -0.39 is 0 Å². The lowest BCUT2D eigenvalue weighted by Crippen LogP contribution is -2.50. The van der Waals surface area contributed by atoms with E-state index in [-0.39, 0.29) is 4.59 Å². The van der Waals surface area contributed by atoms with Crippen molar-refractivity contribution in [2.45, 2.75) is 13.8 Å². The summed E-state index contributed by atoms with van der Waals surface area (Å²) in [6, 6.07) is 0. The van der Waals surface area contributed by atoms with Crippen molar-refractivity contribution < 1.29 is 4.59 Å². The number of halogens is 1. The van der Waals surface area contributed by atoms with Crippen LogP contribution in [0.2, 0.25) is 0 Å². The Labute approximate surface area is 96.6 Å². The van der Waals surface area contributed by atoms with Crippen LogP contribution < -0.4 is 5.84 Å². The molecular formula is C9H12IN4+. The number of rotatable bonds is 1. The summed E-state index contributed by atoms with van der Waals surface area (Å²) in [5, 5.41) is 0. The molecule has 74 valence electrons. The van der Waals surface area contributed by atoms with Gasteiger partial charge in [-0.3, -0.25) is 4.99 Å². The maximum absolute atomic E-state index is 6.20. The molecule has 0 amide bonds. The maximum Gasteiger partial charge on any atom is 0.293 e. The van der Waals surface area contributed by atoms with Crippen molar-refractivity contribution >= 4 is 32.6 Å². The Morgan fingerprint density at radius 3 is 2.86 bits per heavy atom. The summed E-state index contributed by atoms with van der Waals surface area (Å²) in [6.45, 7) is 4.22. The van der Waals surface area contributed by atoms with E-state index in [1.165, 1.54) is 0 Å². The van der Waals surface area contributed by atoms with Crippen LogP contribution in [0.25, 0.3) is 0 Å². The van der Waals surface area contributed by atoms with E-state index in [0.717, 1.165) is 15.2 Å². The van der Waals surface area contributed by atoms with E-state index in [2.05, 4.69) is 46.4 Å². The van der Waals surface area contributed by atoms with Crippen LogP contribution in [0.4, 0.5) is 0 Å². The third-order valence-corrected chi connectivity index (χ3v) is 3.35. The molecule has 0 radical (unpaired) electrons. The Hall–Kier alpha value is -0.530. The van der Waals surface area contributed by atoms with Crippen LogP contribution >= 0.6 is 22.6 Å². The third-order valence-electron chi connectivity index (χ3n) is 2.31. The molecule has 4 nitrogen and oxygen atoms in total. The summed E-state index contributed by atoms with van der Waals surface area (Å²) < 4.78 is 1.04. The largest absolute Gasteiger partial charge is 0.293 e. The zero-order chi connectivity index (χ0) is 10.3. The Morgan fingerprint density at radius 2 is 2.21 bits per heavy atom. The number of hydrogen-bond acceptors (Lipinski definition) is 3. The van der Waals surface area contributed by atoms with Crippen molar-refractivity contribution in [2.24, 2.45) is 21.7 Å². The minimum absolute atomic E-state index is 0.178. The Bertz CT molecular complexity index is 392. The second-order valence-corrected chi connectivity index (χ2v) is 4.62. The molecule has 0 saturated carbocycles. The van der Waals surface area contributed by atoms with Gasteiger partial charge in [0.15, 0.2) is 0 Å². The fourth-order valence-electron chi connectivity index (χ4n) is 1.51. The molecule has 14 heavy (non-hydrogen) atoms. The Morgan fingerprint density at radius 1 is 1.50 bits per heavy atom. The number of nitrogens with two attached hydrogens (primary N) is 1. The fourth-order valence-corrected chi connectivity index (χ4v) is 2.19. The number of allylic oxidation sites excluding steroid dienone is 2. The van der Waals surface area contributed by atoms with Crippen molar-refractivity contribution in [1.82, 2.24) is 0 Å². The first-order valence-electron chi connectivity index (χ1n) is 4.43. The summed E-state index contributed by atoms with van der Waals surface area (Å²) in [7, 11) is 0. The minimum atomic E-state index is 0.178. The van der Waals surface area contributed by atoms with Crippen LogP contribution in [-0.4, -0.2) is 14.6 Å². The average molecular weight is 303 g/mol. The van der Waals surface area contributed by atoms with E-state index >= 15 is 0 Å². The molecule has 2 rings (SSSR count). The zero-order valence-electron chi connectivity index (χ0n) is 8.11. The lowest BCUT2D eigenvalue weighted by atomic mass is 10.1. The molecular weight excluding hydrogens is 291 g/mol. The van der Waals surface area contributed by atoms with Crippen LogP contribution in [0, 0.1) is 5.92 Å². The third kappa shape index (κ3) is 1.27. The monoisotopic (exact) mass is 303 g/mol. The second-order valence-electron chi connectivity index (χ2n) is 3.66. The van der Waals surface area contributed by atoms with Gasteiger partial charge in [-0.1, -0.05) is 13.8 Å². The number of aliphatic imine (C=N–C) groups is 2. The molecule has 0 saturated heterocycles. The molecule has 2 aliphatic rings. The first-order valence-corrected chi connectivity index (χ1v) is 5.51. The van der Waals surface area contributed by atoms with Gasteiger partial charge in [0.25, 0.3) is 3.84 Å². The number of hydrogen-bond donors (Lipinski definition) is 1. The molecule has 2 aliphatic heterocycles. The summed E-state index contributed by atoms with van der Waals surface area (Å²) in [5.74, 6) is 6.57. The summed E-state index contributed by atoms with van der Waals surface area (Å²) in [4.78, 5) is 8.59. The van der Waals surface area contributed by atoms with E-state index in [9.17, 15) is 0 Å². The lowest BCUT2D eigenvalue weighted by Gasteiger charge is -2.23. The molecule has 1 unspecified atom stereocenters. The van der Waals surface area contributed by atoms with Crippen molar-refractivity contribution in [1.29, 1.82) is 0 Å². The van der Waals surface area contributed by atoms with Crippen molar-refractivity contribution in [3.63, 3.8) is 0 Å². The number of quaternary nitrogens is 1. The number of amidine groups is 1. The molecule has 2 N–H and O–H groups in total. The van der Waals surface area contributed by atoms with E-state index in [0.29, 0.717) is 5.92 Å². The molecule has 0 aromatic heterocycles. The second kappa shape index (κ2) is 3.25. The standard InChI is InChI=1S/C9H12IN4/c1-6(2)8-7-5-12-3-4-14(7,11)9(10)13-8/h3-6H,11H2,1-2H3/q+1. The van der Waals surface area contributed by atoms with Gasteiger partial charge in [-0.2, -0.15) is 10.8 Å². The van der Waals surface area contributed by atoms with Gasteiger partial charge >= 0.3 is 0 Å². The van der Waals surface area contributed by atoms with Gasteiger partial charge in [0.1, 0.15) is 11.9 Å². The molecule has 1 atom stereocenters. The van der Waals surface area contributed by atoms with Gasteiger partial charge in [0.2, 0.25) is 5.70 Å². The minimum Gasteiger partial charge on any atom is -0.253 e. The lowest BCUT2D eigenvalue weighted by molar-refractivity contribution is -0.745. The summed E-state index contributed by atoms with van der Waals surface area (Å²) in [5.41, 5.74) is 2.01. The summed E-state index contributed by atoms with van der Waals surface area (Å²) in [6.07, 6.45) is 5.35. The van der Waals surface area contributed by atoms with Crippen molar-refractivity contribution in [3.8, 4) is 0 Å². The number of fused-ring (bicyclic) bond motifs is 1. The van der Waals surface area contributed by atoms with Gasteiger partial charge in [-0.25, -0.2) is 0 Å². The predicted molar refractivity (Wildman–Crippen MR) is 65.4 cm³/mol. The van der Waals surface area contributed by atoms with Crippen LogP contribution in [0.15, 0.2) is 33.8 Å². The molecule has 0 aromatic rings. The van der Waals surface area contributed by atoms with Gasteiger partial charge in [-0.15, -0.1) is 4.59 Å². The number of nitrogens with zero attached hydrogens (tertiary/aromatic N) is 3. The van der Waals surface area contributed by atoms with Gasteiger partial charge in [0.05, 0.1) is 35.0 Å². The molecule has 5 heteroatoms. The highest BCUT2D eigenvalue weighted by atomic mass is 127. The smallest absolute Gasteiger partial charge is 0.253 e. The van der Waals surface area contributed by atoms with E-state index in [1.54, 1.807) is 12.4 Å². The van der Waals surface area contributed by atoms with Crippen LogP contribution in [0.5, 0.6) is 0 Å². The van der Waals surface area contributed by atoms with E-state index in [1.807, 2.05) is 6.20 Å². The van der Waals surface area contributed by atoms with Gasteiger partial charge in [-0.05, 0) is 0 Å². The highest BCUT2D eigenvalue weighted by molar-refractivity contribution is 14.1. The highest BCUT2D eigenvalue weighted by Gasteiger charge is 2.42. The Kier molecular flexibility index (Phi) is 2.32. The molecule has 0 fully saturated rings. The van der Waals surface area contributed by atoms with Crippen LogP contribution in [0.3, 0.4) is 0 Å². The fraction of sp³-hybridized carbons (Fsp3) is 0.333. The van der Waals surface area contributed by atoms with Crippen LogP contribution in [-0.2, 0) is 0 Å². The molecule has 0 aromatic carbocycles. The predicted octanol–water partition coefficient (Wildman–Crippen LogP) is 1.90. The van der Waals surface area contributed by atoms with Crippen molar-refractivity contribution in [2.75, 3.05) is 0 Å². The summed E-state index contributed by atoms with van der Waals surface area (Å²) >= 11 is 2.17. The first-order chi connectivity index (χ1) is 6.55. The molecule has 0 aliphatic carbocycles. The quantitative estimate of drug-likeness (QED) is 0.342. The van der Waals surface area contributed by atoms with E-state index in [4.69, 9.17) is 5.84 Å². The maximum atomic E-state index is 6.20. The SMILES string of the molecule is CC(C)C1=C2C=NC=C[N+]2(N)C(I)=N1. The average Bonchev–Trinajstić information content (AvgIpc) is 2.40. The normalized spacial score (nSPS) is 29.9. The Balaban J connectivity index is 2.57. The topological polar surface area (TPSA) is 50.7 Å². The molecule has 0 bridgehead atoms. The molecule has 2 heterocycles. The van der Waals surface area contributed by atoms with Gasteiger partial charge < -0.3 is 0 Å². The van der Waals surface area contributed by atoms with Gasteiger partial charge in [0, 0.05) is 5.92 Å². The van der Waals surface area contributed by atoms with Crippen LogP contribution in [0.1, 0.15) is 13.8 Å². The van der Waals surface area contributed by atoms with Crippen molar-refractivity contribution in [3.05, 3.63) is 23.8 Å². The highest BCUT2D eigenvalue weighted by Crippen LogP contribution is 2.33. The molecule has 0 spiro atoms. The zero-order valence-corrected chi connectivity index (χ0v) is 10.3.